The van der Waals surface area contributed by atoms with Crippen molar-refractivity contribution >= 4 is 17.3 Å². The van der Waals surface area contributed by atoms with Gasteiger partial charge in [0, 0.05) is 37.0 Å². The van der Waals surface area contributed by atoms with Crippen LogP contribution in [0.5, 0.6) is 5.75 Å². The highest BCUT2D eigenvalue weighted by atomic mass is 16.5. The van der Waals surface area contributed by atoms with E-state index in [1.165, 1.54) is 5.56 Å². The smallest absolute Gasteiger partial charge is 0.223 e. The molecule has 22 heavy (non-hydrogen) atoms. The molecule has 1 N–H and O–H groups in total. The van der Waals surface area contributed by atoms with Gasteiger partial charge in [0.15, 0.2) is 0 Å². The fourth-order valence-electron chi connectivity index (χ4n) is 2.89. The molecule has 0 fully saturated rings. The van der Waals surface area contributed by atoms with Gasteiger partial charge >= 0.3 is 0 Å². The SMILES string of the molecule is COc1ccccc1CNc1ccc2c(c1)CCN2C(C)=O. The van der Waals surface area contributed by atoms with E-state index in [1.54, 1.807) is 14.0 Å². The third-order valence-electron chi connectivity index (χ3n) is 4.03. The molecular weight excluding hydrogens is 276 g/mol. The maximum atomic E-state index is 11.6. The lowest BCUT2D eigenvalue weighted by Gasteiger charge is -2.15. The predicted molar refractivity (Wildman–Crippen MR) is 88.5 cm³/mol. The molecule has 1 aliphatic heterocycles. The van der Waals surface area contributed by atoms with Crippen molar-refractivity contribution in [3.63, 3.8) is 0 Å². The van der Waals surface area contributed by atoms with Gasteiger partial charge in [-0.05, 0) is 36.2 Å². The van der Waals surface area contributed by atoms with E-state index >= 15 is 0 Å². The summed E-state index contributed by atoms with van der Waals surface area (Å²) in [6, 6.07) is 14.2. The molecule has 0 unspecified atom stereocenters. The molecule has 0 radical (unpaired) electrons. The van der Waals surface area contributed by atoms with Crippen molar-refractivity contribution in [3.8, 4) is 5.75 Å². The Morgan fingerprint density at radius 2 is 2.09 bits per heavy atom. The summed E-state index contributed by atoms with van der Waals surface area (Å²) in [7, 11) is 1.69. The summed E-state index contributed by atoms with van der Waals surface area (Å²) in [5, 5.41) is 3.43. The maximum absolute atomic E-state index is 11.6. The van der Waals surface area contributed by atoms with E-state index in [4.69, 9.17) is 4.74 Å². The number of ether oxygens (including phenoxy) is 1. The number of benzene rings is 2. The summed E-state index contributed by atoms with van der Waals surface area (Å²) >= 11 is 0. The number of carbonyl (C=O) groups excluding carboxylic acids is 1. The topological polar surface area (TPSA) is 41.6 Å². The molecule has 2 aromatic carbocycles. The third kappa shape index (κ3) is 2.77. The van der Waals surface area contributed by atoms with Crippen LogP contribution in [0.15, 0.2) is 42.5 Å². The molecular formula is C18H20N2O2. The number of methoxy groups -OCH3 is 1. The highest BCUT2D eigenvalue weighted by Gasteiger charge is 2.21. The second-order valence-corrected chi connectivity index (χ2v) is 5.43. The Morgan fingerprint density at radius 3 is 2.86 bits per heavy atom. The molecule has 4 heteroatoms. The Kier molecular flexibility index (Phi) is 4.00. The molecule has 1 aliphatic rings. The first-order chi connectivity index (χ1) is 10.7. The number of carbonyl (C=O) groups is 1. The number of rotatable bonds is 4. The number of amides is 1. The molecule has 0 saturated heterocycles. The van der Waals surface area contributed by atoms with E-state index in [2.05, 4.69) is 17.4 Å². The Bertz CT molecular complexity index is 697. The van der Waals surface area contributed by atoms with Gasteiger partial charge in [-0.25, -0.2) is 0 Å². The van der Waals surface area contributed by atoms with Crippen LogP contribution in [0.2, 0.25) is 0 Å². The van der Waals surface area contributed by atoms with E-state index in [0.29, 0.717) is 6.54 Å². The lowest BCUT2D eigenvalue weighted by Crippen LogP contribution is -2.25. The number of nitrogens with one attached hydrogen (secondary N) is 1. The van der Waals surface area contributed by atoms with Crippen LogP contribution in [0.3, 0.4) is 0 Å². The second kappa shape index (κ2) is 6.10. The molecule has 2 aromatic rings. The second-order valence-electron chi connectivity index (χ2n) is 5.43. The largest absolute Gasteiger partial charge is 0.496 e. The van der Waals surface area contributed by atoms with E-state index in [9.17, 15) is 4.79 Å². The molecule has 1 amide bonds. The minimum Gasteiger partial charge on any atom is -0.496 e. The van der Waals surface area contributed by atoms with Gasteiger partial charge in [0.2, 0.25) is 5.91 Å². The van der Waals surface area contributed by atoms with Gasteiger partial charge in [-0.2, -0.15) is 0 Å². The minimum absolute atomic E-state index is 0.105. The first-order valence-electron chi connectivity index (χ1n) is 7.46. The zero-order valence-corrected chi connectivity index (χ0v) is 12.9. The first kappa shape index (κ1) is 14.4. The van der Waals surface area contributed by atoms with Crippen molar-refractivity contribution in [2.24, 2.45) is 0 Å². The van der Waals surface area contributed by atoms with Gasteiger partial charge in [0.25, 0.3) is 0 Å². The van der Waals surface area contributed by atoms with E-state index < -0.39 is 0 Å². The number of fused-ring (bicyclic) bond motifs is 1. The van der Waals surface area contributed by atoms with Crippen LogP contribution < -0.4 is 15.0 Å². The molecule has 114 valence electrons. The van der Waals surface area contributed by atoms with Crippen molar-refractivity contribution in [1.29, 1.82) is 0 Å². The monoisotopic (exact) mass is 296 g/mol. The molecule has 0 aromatic heterocycles. The predicted octanol–water partition coefficient (Wildman–Crippen LogP) is 3.22. The molecule has 1 heterocycles. The Labute approximate surface area is 130 Å². The van der Waals surface area contributed by atoms with Crippen LogP contribution in [0.4, 0.5) is 11.4 Å². The summed E-state index contributed by atoms with van der Waals surface area (Å²) in [6.07, 6.45) is 0.916. The average Bonchev–Trinajstić information content (AvgIpc) is 2.96. The highest BCUT2D eigenvalue weighted by molar-refractivity contribution is 5.94. The Morgan fingerprint density at radius 1 is 1.27 bits per heavy atom. The third-order valence-corrected chi connectivity index (χ3v) is 4.03. The lowest BCUT2D eigenvalue weighted by atomic mass is 10.1. The normalized spacial score (nSPS) is 12.9. The number of hydrogen-bond donors (Lipinski definition) is 1. The summed E-state index contributed by atoms with van der Waals surface area (Å²) in [6.45, 7) is 3.10. The van der Waals surface area contributed by atoms with Crippen molar-refractivity contribution in [2.45, 2.75) is 19.9 Å². The maximum Gasteiger partial charge on any atom is 0.223 e. The van der Waals surface area contributed by atoms with Gasteiger partial charge in [-0.3, -0.25) is 4.79 Å². The van der Waals surface area contributed by atoms with Crippen LogP contribution >= 0.6 is 0 Å². The van der Waals surface area contributed by atoms with Gasteiger partial charge in [0.05, 0.1) is 7.11 Å². The fourth-order valence-corrected chi connectivity index (χ4v) is 2.89. The van der Waals surface area contributed by atoms with Crippen molar-refractivity contribution in [1.82, 2.24) is 0 Å². The van der Waals surface area contributed by atoms with Crippen LogP contribution in [0, 0.1) is 0 Å². The van der Waals surface area contributed by atoms with Crippen molar-refractivity contribution in [2.75, 3.05) is 23.9 Å². The number of hydrogen-bond acceptors (Lipinski definition) is 3. The molecule has 0 saturated carbocycles. The van der Waals surface area contributed by atoms with Gasteiger partial charge < -0.3 is 15.0 Å². The standard InChI is InChI=1S/C18H20N2O2/c1-13(21)20-10-9-14-11-16(7-8-17(14)20)19-12-15-5-3-4-6-18(15)22-2/h3-8,11,19H,9-10,12H2,1-2H3. The van der Waals surface area contributed by atoms with Crippen molar-refractivity contribution < 1.29 is 9.53 Å². The van der Waals surface area contributed by atoms with Crippen LogP contribution in [-0.4, -0.2) is 19.6 Å². The van der Waals surface area contributed by atoms with Crippen LogP contribution in [0.1, 0.15) is 18.1 Å². The molecule has 0 atom stereocenters. The molecule has 0 bridgehead atoms. The van der Waals surface area contributed by atoms with Crippen LogP contribution in [0.25, 0.3) is 0 Å². The Balaban J connectivity index is 1.73. The van der Waals surface area contributed by atoms with Gasteiger partial charge in [-0.15, -0.1) is 0 Å². The summed E-state index contributed by atoms with van der Waals surface area (Å²) in [4.78, 5) is 13.4. The van der Waals surface area contributed by atoms with E-state index in [0.717, 1.165) is 35.7 Å². The minimum atomic E-state index is 0.105. The van der Waals surface area contributed by atoms with Gasteiger partial charge in [0.1, 0.15) is 5.75 Å². The number of anilines is 2. The summed E-state index contributed by atoms with van der Waals surface area (Å²) in [5.74, 6) is 0.993. The van der Waals surface area contributed by atoms with E-state index in [-0.39, 0.29) is 5.91 Å². The highest BCUT2D eigenvalue weighted by Crippen LogP contribution is 2.30. The van der Waals surface area contributed by atoms with Crippen LogP contribution in [-0.2, 0) is 17.8 Å². The summed E-state index contributed by atoms with van der Waals surface area (Å²) < 4.78 is 5.36. The fraction of sp³-hybridized carbons (Fsp3) is 0.278. The average molecular weight is 296 g/mol. The number of para-hydroxylation sites is 1. The quantitative estimate of drug-likeness (QED) is 0.942. The molecule has 0 spiro atoms. The zero-order valence-electron chi connectivity index (χ0n) is 12.9. The molecule has 4 nitrogen and oxygen atoms in total. The molecule has 3 rings (SSSR count). The first-order valence-corrected chi connectivity index (χ1v) is 7.46. The van der Waals surface area contributed by atoms with E-state index in [1.807, 2.05) is 35.2 Å². The lowest BCUT2D eigenvalue weighted by molar-refractivity contribution is -0.116. The van der Waals surface area contributed by atoms with Crippen molar-refractivity contribution in [3.05, 3.63) is 53.6 Å². The summed E-state index contributed by atoms with van der Waals surface area (Å²) in [5.41, 5.74) is 4.45. The number of nitrogens with zero attached hydrogens (tertiary/aromatic N) is 1. The van der Waals surface area contributed by atoms with Gasteiger partial charge in [-0.1, -0.05) is 18.2 Å². The zero-order chi connectivity index (χ0) is 15.5. The Hall–Kier alpha value is -2.49. The molecule has 0 aliphatic carbocycles.